The lowest BCUT2D eigenvalue weighted by Gasteiger charge is -2.30. The predicted molar refractivity (Wildman–Crippen MR) is 104 cm³/mol. The van der Waals surface area contributed by atoms with Crippen LogP contribution in [-0.4, -0.2) is 40.8 Å². The van der Waals surface area contributed by atoms with Crippen LogP contribution in [0.1, 0.15) is 29.9 Å². The minimum atomic E-state index is -0.670. The fourth-order valence-electron chi connectivity index (χ4n) is 3.96. The molecule has 4 heterocycles. The molecule has 1 aromatic heterocycles. The summed E-state index contributed by atoms with van der Waals surface area (Å²) >= 11 is 0. The molecule has 0 saturated carbocycles. The van der Waals surface area contributed by atoms with Crippen molar-refractivity contribution in [2.45, 2.75) is 20.0 Å². The Hall–Kier alpha value is -3.74. The maximum atomic E-state index is 13.3. The zero-order valence-corrected chi connectivity index (χ0v) is 15.8. The predicted octanol–water partition coefficient (Wildman–Crippen LogP) is 2.77. The van der Waals surface area contributed by atoms with Gasteiger partial charge in [0.2, 0.25) is 0 Å². The third-order valence-electron chi connectivity index (χ3n) is 5.28. The van der Waals surface area contributed by atoms with Crippen LogP contribution < -0.4 is 4.74 Å². The van der Waals surface area contributed by atoms with Crippen LogP contribution in [-0.2, 0) is 14.3 Å². The monoisotopic (exact) mass is 388 g/mol. The van der Waals surface area contributed by atoms with Crippen LogP contribution >= 0.6 is 0 Å². The maximum Gasteiger partial charge on any atom is 0.342 e. The Labute approximate surface area is 165 Å². The summed E-state index contributed by atoms with van der Waals surface area (Å²) in [6.07, 6.45) is 3.20. The molecule has 5 rings (SSSR count). The Morgan fingerprint density at radius 1 is 1.28 bits per heavy atom. The van der Waals surface area contributed by atoms with Gasteiger partial charge in [0.1, 0.15) is 28.7 Å². The van der Waals surface area contributed by atoms with E-state index in [2.05, 4.69) is 0 Å². The lowest BCUT2D eigenvalue weighted by Crippen LogP contribution is -2.31. The number of hydrogen-bond acceptors (Lipinski definition) is 6. The van der Waals surface area contributed by atoms with Gasteiger partial charge in [0, 0.05) is 22.7 Å². The molecule has 0 radical (unpaired) electrons. The smallest absolute Gasteiger partial charge is 0.342 e. The quantitative estimate of drug-likeness (QED) is 0.457. The van der Waals surface area contributed by atoms with E-state index < -0.39 is 12.1 Å². The molecular weight excluding hydrogens is 372 g/mol. The lowest BCUT2D eigenvalue weighted by molar-refractivity contribution is -0.143. The van der Waals surface area contributed by atoms with Crippen LogP contribution in [0.5, 0.6) is 5.75 Å². The van der Waals surface area contributed by atoms with Gasteiger partial charge in [0.25, 0.3) is 5.91 Å². The molecule has 7 heteroatoms. The van der Waals surface area contributed by atoms with E-state index in [0.717, 1.165) is 5.39 Å². The second-order valence-corrected chi connectivity index (χ2v) is 6.90. The highest BCUT2D eigenvalue weighted by molar-refractivity contribution is 6.16. The number of fused-ring (bicyclic) bond motifs is 5. The molecule has 0 spiro atoms. The van der Waals surface area contributed by atoms with Gasteiger partial charge in [-0.25, -0.2) is 9.78 Å². The summed E-state index contributed by atoms with van der Waals surface area (Å²) in [4.78, 5) is 43.1. The highest BCUT2D eigenvalue weighted by atomic mass is 16.5. The van der Waals surface area contributed by atoms with Crippen molar-refractivity contribution in [2.24, 2.45) is 0 Å². The van der Waals surface area contributed by atoms with Crippen molar-refractivity contribution in [1.82, 2.24) is 9.88 Å². The summed E-state index contributed by atoms with van der Waals surface area (Å²) in [5.74, 6) is -0.452. The lowest BCUT2D eigenvalue weighted by atomic mass is 9.91. The van der Waals surface area contributed by atoms with Crippen molar-refractivity contribution in [3.8, 4) is 5.75 Å². The first-order chi connectivity index (χ1) is 14.0. The normalized spacial score (nSPS) is 19.9. The van der Waals surface area contributed by atoms with Crippen molar-refractivity contribution in [1.29, 1.82) is 0 Å². The molecule has 0 unspecified atom stereocenters. The van der Waals surface area contributed by atoms with E-state index in [9.17, 15) is 14.4 Å². The van der Waals surface area contributed by atoms with E-state index in [0.29, 0.717) is 52.3 Å². The zero-order valence-electron chi connectivity index (χ0n) is 15.8. The minimum absolute atomic E-state index is 0.0618. The molecule has 144 valence electrons. The number of hydrogen-bond donors (Lipinski definition) is 0. The molecule has 0 bridgehead atoms. The number of carbonyl (C=O) groups excluding carboxylic acids is 3. The Kier molecular flexibility index (Phi) is 3.67. The number of carbonyl (C=O) groups is 3. The molecule has 1 atom stereocenters. The summed E-state index contributed by atoms with van der Waals surface area (Å²) in [6, 6.07) is 7.46. The largest absolute Gasteiger partial charge is 0.492 e. The van der Waals surface area contributed by atoms with Gasteiger partial charge in [-0.3, -0.25) is 14.5 Å². The Balaban J connectivity index is 1.82. The summed E-state index contributed by atoms with van der Waals surface area (Å²) in [7, 11) is 0. The molecule has 2 aromatic rings. The molecule has 0 N–H and O–H groups in total. The van der Waals surface area contributed by atoms with Gasteiger partial charge in [-0.05, 0) is 32.1 Å². The standard InChI is InChI=1S/C22H16N2O5/c1-3-28-20-12-6-4-5-7-16(12)23-19-17-8-13-14(9-24(17)21(26)18(19)20)11(2)29-22(27)15(13)10-25/h4-11H,3H2,1-2H3/t11-/m0/s1. The minimum Gasteiger partial charge on any atom is -0.492 e. The second-order valence-electron chi connectivity index (χ2n) is 6.90. The fraction of sp³-hybridized carbons (Fsp3) is 0.182. The topological polar surface area (TPSA) is 85.8 Å². The third kappa shape index (κ3) is 2.30. The molecule has 0 saturated heterocycles. The van der Waals surface area contributed by atoms with Gasteiger partial charge in [-0.15, -0.1) is 0 Å². The van der Waals surface area contributed by atoms with Crippen molar-refractivity contribution in [2.75, 3.05) is 6.61 Å². The van der Waals surface area contributed by atoms with Gasteiger partial charge in [-0.2, -0.15) is 0 Å². The number of aldehydes is 1. The number of nitrogens with zero attached hydrogens (tertiary/aromatic N) is 2. The molecule has 3 aliphatic heterocycles. The molecule has 0 aliphatic carbocycles. The summed E-state index contributed by atoms with van der Waals surface area (Å²) in [5.41, 5.74) is 3.05. The van der Waals surface area contributed by atoms with Gasteiger partial charge >= 0.3 is 5.97 Å². The molecule has 29 heavy (non-hydrogen) atoms. The molecule has 3 aliphatic rings. The van der Waals surface area contributed by atoms with Gasteiger partial charge < -0.3 is 9.47 Å². The van der Waals surface area contributed by atoms with E-state index >= 15 is 0 Å². The first kappa shape index (κ1) is 17.4. The highest BCUT2D eigenvalue weighted by Gasteiger charge is 2.42. The summed E-state index contributed by atoms with van der Waals surface area (Å²) < 4.78 is 11.1. The van der Waals surface area contributed by atoms with Crippen molar-refractivity contribution < 1.29 is 23.9 Å². The van der Waals surface area contributed by atoms with Crippen molar-refractivity contribution in [3.05, 3.63) is 64.5 Å². The summed E-state index contributed by atoms with van der Waals surface area (Å²) in [6.45, 7) is 3.96. The van der Waals surface area contributed by atoms with Crippen molar-refractivity contribution in [3.63, 3.8) is 0 Å². The van der Waals surface area contributed by atoms with Crippen LogP contribution in [0, 0.1) is 0 Å². The third-order valence-corrected chi connectivity index (χ3v) is 5.28. The number of allylic oxidation sites excluding steroid dienone is 1. The summed E-state index contributed by atoms with van der Waals surface area (Å²) in [5, 5.41) is 0.756. The van der Waals surface area contributed by atoms with Crippen LogP contribution in [0.4, 0.5) is 0 Å². The van der Waals surface area contributed by atoms with E-state index in [1.165, 1.54) is 4.90 Å². The van der Waals surface area contributed by atoms with Crippen LogP contribution in [0.2, 0.25) is 0 Å². The fourth-order valence-corrected chi connectivity index (χ4v) is 3.96. The first-order valence-corrected chi connectivity index (χ1v) is 9.28. The SMILES string of the molecule is CCOc1c2c(nc3ccccc13)C1=CC3=C(C=O)C(=O)O[C@@H](C)C3=CN1C2=O. The number of para-hydroxylation sites is 1. The zero-order chi connectivity index (χ0) is 20.3. The number of rotatable bonds is 3. The number of esters is 1. The van der Waals surface area contributed by atoms with Crippen LogP contribution in [0.25, 0.3) is 16.6 Å². The van der Waals surface area contributed by atoms with Crippen LogP contribution in [0.15, 0.2) is 53.3 Å². The number of ether oxygens (including phenoxy) is 2. The Morgan fingerprint density at radius 3 is 2.83 bits per heavy atom. The number of pyridine rings is 1. The number of aromatic nitrogens is 1. The average molecular weight is 388 g/mol. The molecule has 0 fully saturated rings. The Morgan fingerprint density at radius 2 is 2.07 bits per heavy atom. The van der Waals surface area contributed by atoms with E-state index in [1.54, 1.807) is 19.2 Å². The number of cyclic esters (lactones) is 1. The van der Waals surface area contributed by atoms with Gasteiger partial charge in [0.15, 0.2) is 6.29 Å². The number of benzene rings is 1. The molecule has 7 nitrogen and oxygen atoms in total. The van der Waals surface area contributed by atoms with E-state index in [1.807, 2.05) is 31.2 Å². The van der Waals surface area contributed by atoms with E-state index in [-0.39, 0.29) is 11.5 Å². The molecular formula is C22H16N2O5. The van der Waals surface area contributed by atoms with Crippen LogP contribution in [0.3, 0.4) is 0 Å². The van der Waals surface area contributed by atoms with Gasteiger partial charge in [0.05, 0.1) is 17.8 Å². The van der Waals surface area contributed by atoms with E-state index in [4.69, 9.17) is 14.5 Å². The van der Waals surface area contributed by atoms with Crippen molar-refractivity contribution >= 4 is 34.8 Å². The Bertz CT molecular complexity index is 1220. The highest BCUT2D eigenvalue weighted by Crippen LogP contribution is 2.45. The van der Waals surface area contributed by atoms with Gasteiger partial charge in [-0.1, -0.05) is 12.1 Å². The molecule has 1 aromatic carbocycles. The first-order valence-electron chi connectivity index (χ1n) is 9.28. The molecule has 1 amide bonds. The maximum absolute atomic E-state index is 13.3. The number of amides is 1. The average Bonchev–Trinajstić information content (AvgIpc) is 2.99. The second kappa shape index (κ2) is 6.13.